The Hall–Kier alpha value is -3.25. The van der Waals surface area contributed by atoms with Crippen LogP contribution < -0.4 is 19.1 Å². The average molecular weight is 490 g/mol. The highest BCUT2D eigenvalue weighted by atomic mass is 32.2. The minimum absolute atomic E-state index is 0.0232. The Morgan fingerprint density at radius 1 is 1.15 bits per heavy atom. The number of thioether (sulfide) groups is 1. The average Bonchev–Trinajstić information content (AvgIpc) is 3.36. The molecule has 0 aliphatic carbocycles. The number of anilines is 2. The number of aryl methyl sites for hydroxylation is 1. The molecular formula is C21H23N5O5S2. The van der Waals surface area contributed by atoms with E-state index >= 15 is 0 Å². The number of rotatable bonds is 8. The van der Waals surface area contributed by atoms with Gasteiger partial charge < -0.3 is 19.4 Å². The van der Waals surface area contributed by atoms with E-state index in [1.807, 2.05) is 19.1 Å². The lowest BCUT2D eigenvalue weighted by Crippen LogP contribution is -2.30. The third-order valence-electron chi connectivity index (χ3n) is 4.92. The highest BCUT2D eigenvalue weighted by Gasteiger charge is 2.22. The predicted octanol–water partition coefficient (Wildman–Crippen LogP) is 2.55. The summed E-state index contributed by atoms with van der Waals surface area (Å²) in [6, 6.07) is 12.4. The van der Waals surface area contributed by atoms with Gasteiger partial charge in [-0.25, -0.2) is 8.42 Å². The number of ether oxygens (including phenoxy) is 2. The van der Waals surface area contributed by atoms with Gasteiger partial charge in [0.05, 0.1) is 24.2 Å². The van der Waals surface area contributed by atoms with Gasteiger partial charge in [0, 0.05) is 18.8 Å². The van der Waals surface area contributed by atoms with Crippen molar-refractivity contribution >= 4 is 39.1 Å². The zero-order chi connectivity index (χ0) is 23.6. The van der Waals surface area contributed by atoms with Crippen LogP contribution in [0.3, 0.4) is 0 Å². The molecule has 0 radical (unpaired) electrons. The SMILES string of the molecule is Cc1ccc(N(Cc2nnc(SCC(=O)Nc3ccc4c(c3)OCO4)n2C)S(C)(=O)=O)cc1. The van der Waals surface area contributed by atoms with Crippen molar-refractivity contribution in [2.75, 3.05) is 28.4 Å². The number of carbonyl (C=O) groups is 1. The van der Waals surface area contributed by atoms with Gasteiger partial charge in [-0.2, -0.15) is 0 Å². The molecule has 1 aliphatic heterocycles. The van der Waals surface area contributed by atoms with Gasteiger partial charge in [-0.3, -0.25) is 9.10 Å². The van der Waals surface area contributed by atoms with Gasteiger partial charge in [-0.1, -0.05) is 29.5 Å². The van der Waals surface area contributed by atoms with Gasteiger partial charge >= 0.3 is 0 Å². The van der Waals surface area contributed by atoms with Crippen molar-refractivity contribution in [3.05, 3.63) is 53.9 Å². The van der Waals surface area contributed by atoms with Crippen molar-refractivity contribution in [2.45, 2.75) is 18.6 Å². The first kappa shape index (κ1) is 22.9. The topological polar surface area (TPSA) is 116 Å². The normalized spacial score (nSPS) is 12.6. The van der Waals surface area contributed by atoms with Crippen molar-refractivity contribution in [1.82, 2.24) is 14.8 Å². The molecule has 0 saturated carbocycles. The van der Waals surface area contributed by atoms with E-state index < -0.39 is 10.0 Å². The Balaban J connectivity index is 1.40. The molecule has 1 N–H and O–H groups in total. The van der Waals surface area contributed by atoms with Crippen molar-refractivity contribution in [2.24, 2.45) is 7.05 Å². The van der Waals surface area contributed by atoms with Gasteiger partial charge in [0.15, 0.2) is 22.5 Å². The van der Waals surface area contributed by atoms with E-state index in [-0.39, 0.29) is 25.0 Å². The molecule has 2 heterocycles. The summed E-state index contributed by atoms with van der Waals surface area (Å²) in [5.74, 6) is 1.57. The van der Waals surface area contributed by atoms with Crippen LogP contribution in [0.1, 0.15) is 11.4 Å². The number of nitrogens with zero attached hydrogens (tertiary/aromatic N) is 4. The predicted molar refractivity (Wildman–Crippen MR) is 125 cm³/mol. The van der Waals surface area contributed by atoms with Crippen molar-refractivity contribution in [3.63, 3.8) is 0 Å². The molecule has 174 valence electrons. The summed E-state index contributed by atoms with van der Waals surface area (Å²) in [7, 11) is -1.80. The Bertz CT molecular complexity index is 1270. The third kappa shape index (κ3) is 5.40. The second kappa shape index (κ2) is 9.32. The van der Waals surface area contributed by atoms with Crippen LogP contribution in [0.2, 0.25) is 0 Å². The monoisotopic (exact) mass is 489 g/mol. The third-order valence-corrected chi connectivity index (χ3v) is 7.08. The Labute approximate surface area is 196 Å². The molecule has 10 nitrogen and oxygen atoms in total. The van der Waals surface area contributed by atoms with Crippen LogP contribution in [0.15, 0.2) is 47.6 Å². The van der Waals surface area contributed by atoms with E-state index in [2.05, 4.69) is 15.5 Å². The van der Waals surface area contributed by atoms with Gasteiger partial charge in [0.1, 0.15) is 0 Å². The smallest absolute Gasteiger partial charge is 0.234 e. The summed E-state index contributed by atoms with van der Waals surface area (Å²) in [5, 5.41) is 11.6. The summed E-state index contributed by atoms with van der Waals surface area (Å²) in [6.45, 7) is 2.12. The van der Waals surface area contributed by atoms with Crippen LogP contribution in [0, 0.1) is 6.92 Å². The lowest BCUT2D eigenvalue weighted by atomic mass is 10.2. The molecule has 3 aromatic rings. The number of aromatic nitrogens is 3. The molecule has 0 unspecified atom stereocenters. The molecule has 2 aromatic carbocycles. The van der Waals surface area contributed by atoms with Crippen molar-refractivity contribution in [3.8, 4) is 11.5 Å². The first-order valence-electron chi connectivity index (χ1n) is 9.95. The van der Waals surface area contributed by atoms with E-state index in [1.165, 1.54) is 16.1 Å². The fourth-order valence-electron chi connectivity index (χ4n) is 3.15. The second-order valence-electron chi connectivity index (χ2n) is 7.47. The molecular weight excluding hydrogens is 466 g/mol. The molecule has 0 atom stereocenters. The highest BCUT2D eigenvalue weighted by molar-refractivity contribution is 7.99. The zero-order valence-corrected chi connectivity index (χ0v) is 19.9. The Morgan fingerprint density at radius 3 is 2.61 bits per heavy atom. The lowest BCUT2D eigenvalue weighted by molar-refractivity contribution is -0.113. The Kier molecular flexibility index (Phi) is 6.47. The lowest BCUT2D eigenvalue weighted by Gasteiger charge is -2.22. The minimum Gasteiger partial charge on any atom is -0.454 e. The molecule has 0 bridgehead atoms. The quantitative estimate of drug-likeness (QED) is 0.480. The van der Waals surface area contributed by atoms with Gasteiger partial charge in [0.25, 0.3) is 0 Å². The minimum atomic E-state index is -3.54. The van der Waals surface area contributed by atoms with E-state index in [0.29, 0.717) is 33.9 Å². The number of benzene rings is 2. The van der Waals surface area contributed by atoms with Crippen LogP contribution >= 0.6 is 11.8 Å². The molecule has 1 aromatic heterocycles. The molecule has 1 amide bonds. The molecule has 4 rings (SSSR count). The van der Waals surface area contributed by atoms with Crippen LogP contribution in [-0.4, -0.2) is 47.9 Å². The maximum atomic E-state index is 12.4. The van der Waals surface area contributed by atoms with Crippen molar-refractivity contribution in [1.29, 1.82) is 0 Å². The number of nitrogens with one attached hydrogen (secondary N) is 1. The van der Waals surface area contributed by atoms with Gasteiger partial charge in [0.2, 0.25) is 22.7 Å². The molecule has 12 heteroatoms. The molecule has 1 aliphatic rings. The van der Waals surface area contributed by atoms with Crippen LogP contribution in [0.25, 0.3) is 0 Å². The van der Waals surface area contributed by atoms with E-state index in [0.717, 1.165) is 11.8 Å². The zero-order valence-electron chi connectivity index (χ0n) is 18.3. The molecule has 0 spiro atoms. The van der Waals surface area contributed by atoms with E-state index in [1.54, 1.807) is 41.9 Å². The maximum absolute atomic E-state index is 12.4. The van der Waals surface area contributed by atoms with Crippen LogP contribution in [0.5, 0.6) is 11.5 Å². The van der Waals surface area contributed by atoms with E-state index in [4.69, 9.17) is 9.47 Å². The molecule has 0 fully saturated rings. The number of sulfonamides is 1. The number of carbonyl (C=O) groups excluding carboxylic acids is 1. The first-order valence-corrected chi connectivity index (χ1v) is 12.8. The van der Waals surface area contributed by atoms with Gasteiger partial charge in [-0.15, -0.1) is 10.2 Å². The number of hydrogen-bond acceptors (Lipinski definition) is 8. The van der Waals surface area contributed by atoms with Gasteiger partial charge in [-0.05, 0) is 31.2 Å². The van der Waals surface area contributed by atoms with Crippen LogP contribution in [0.4, 0.5) is 11.4 Å². The van der Waals surface area contributed by atoms with Crippen molar-refractivity contribution < 1.29 is 22.7 Å². The second-order valence-corrected chi connectivity index (χ2v) is 10.3. The highest BCUT2D eigenvalue weighted by Crippen LogP contribution is 2.34. The standard InChI is InChI=1S/C21H23N5O5S2/c1-14-4-7-16(8-5-14)26(33(3,28)29)11-19-23-24-21(25(19)2)32-12-20(27)22-15-6-9-17-18(10-15)31-13-30-17/h4-10H,11-13H2,1-3H3,(H,22,27). The fraction of sp³-hybridized carbons (Fsp3) is 0.286. The summed E-state index contributed by atoms with van der Waals surface area (Å²) in [5.41, 5.74) is 2.18. The maximum Gasteiger partial charge on any atom is 0.234 e. The summed E-state index contributed by atoms with van der Waals surface area (Å²) in [6.07, 6.45) is 1.15. The summed E-state index contributed by atoms with van der Waals surface area (Å²) in [4.78, 5) is 12.4. The number of amides is 1. The number of hydrogen-bond donors (Lipinski definition) is 1. The fourth-order valence-corrected chi connectivity index (χ4v) is 4.73. The Morgan fingerprint density at radius 2 is 1.88 bits per heavy atom. The first-order chi connectivity index (χ1) is 15.7. The van der Waals surface area contributed by atoms with Crippen LogP contribution in [-0.2, 0) is 28.4 Å². The molecule has 33 heavy (non-hydrogen) atoms. The van der Waals surface area contributed by atoms with E-state index in [9.17, 15) is 13.2 Å². The summed E-state index contributed by atoms with van der Waals surface area (Å²) < 4.78 is 38.3. The summed E-state index contributed by atoms with van der Waals surface area (Å²) >= 11 is 1.21. The number of fused-ring (bicyclic) bond motifs is 1. The largest absolute Gasteiger partial charge is 0.454 e. The molecule has 0 saturated heterocycles.